The molecule has 0 radical (unpaired) electrons. The number of hydrogen-bond donors (Lipinski definition) is 1. The van der Waals surface area contributed by atoms with Gasteiger partial charge in [0.25, 0.3) is 5.91 Å². The van der Waals surface area contributed by atoms with Crippen LogP contribution in [0.2, 0.25) is 15.1 Å². The third-order valence-electron chi connectivity index (χ3n) is 3.06. The normalized spacial score (nSPS) is 10.9. The maximum absolute atomic E-state index is 12.3. The molecule has 0 heterocycles. The van der Waals surface area contributed by atoms with E-state index in [0.717, 1.165) is 0 Å². The lowest BCUT2D eigenvalue weighted by Crippen LogP contribution is -2.13. The molecule has 0 aromatic heterocycles. The van der Waals surface area contributed by atoms with Gasteiger partial charge in [0.05, 0.1) is 22.8 Å². The minimum absolute atomic E-state index is 0.133. The number of rotatable bonds is 4. The number of amides is 1. The van der Waals surface area contributed by atoms with E-state index in [1.165, 1.54) is 13.2 Å². The highest BCUT2D eigenvalue weighted by atomic mass is 35.5. The first-order valence-electron chi connectivity index (χ1n) is 6.67. The van der Waals surface area contributed by atoms with E-state index in [2.05, 4.69) is 5.32 Å². The number of benzene rings is 2. The number of halogens is 3. The van der Waals surface area contributed by atoms with Gasteiger partial charge in [0, 0.05) is 10.6 Å². The van der Waals surface area contributed by atoms with Crippen LogP contribution in [0.15, 0.2) is 42.0 Å². The van der Waals surface area contributed by atoms with Crippen molar-refractivity contribution in [1.82, 2.24) is 0 Å². The maximum Gasteiger partial charge on any atom is 0.266 e. The van der Waals surface area contributed by atoms with Crippen LogP contribution in [0.4, 0.5) is 5.69 Å². The Kier molecular flexibility index (Phi) is 6.10. The minimum atomic E-state index is -0.622. The topological polar surface area (TPSA) is 62.1 Å². The average molecular weight is 382 g/mol. The summed E-state index contributed by atoms with van der Waals surface area (Å²) < 4.78 is 5.20. The van der Waals surface area contributed by atoms with Crippen molar-refractivity contribution in [3.63, 3.8) is 0 Å². The quantitative estimate of drug-likeness (QED) is 0.585. The van der Waals surface area contributed by atoms with E-state index in [0.29, 0.717) is 27.0 Å². The molecule has 0 aliphatic heterocycles. The summed E-state index contributed by atoms with van der Waals surface area (Å²) >= 11 is 17.9. The van der Waals surface area contributed by atoms with Crippen molar-refractivity contribution in [1.29, 1.82) is 5.26 Å². The molecule has 4 nitrogen and oxygen atoms in total. The average Bonchev–Trinajstić information content (AvgIpc) is 2.56. The molecule has 0 bridgehead atoms. The lowest BCUT2D eigenvalue weighted by molar-refractivity contribution is -0.112. The monoisotopic (exact) mass is 380 g/mol. The van der Waals surface area contributed by atoms with E-state index in [-0.39, 0.29) is 10.6 Å². The Bertz CT molecular complexity index is 857. The van der Waals surface area contributed by atoms with Gasteiger partial charge in [-0.15, -0.1) is 0 Å². The molecular weight excluding hydrogens is 371 g/mol. The summed E-state index contributed by atoms with van der Waals surface area (Å²) in [7, 11) is 1.48. The molecule has 1 amide bonds. The van der Waals surface area contributed by atoms with Gasteiger partial charge in [-0.1, -0.05) is 40.9 Å². The van der Waals surface area contributed by atoms with Gasteiger partial charge in [-0.3, -0.25) is 4.79 Å². The molecule has 0 saturated carbocycles. The summed E-state index contributed by atoms with van der Waals surface area (Å²) in [6, 6.07) is 11.6. The summed E-state index contributed by atoms with van der Waals surface area (Å²) in [6.45, 7) is 0. The van der Waals surface area contributed by atoms with Crippen LogP contribution in [0, 0.1) is 11.3 Å². The zero-order chi connectivity index (χ0) is 17.7. The Morgan fingerprint density at radius 1 is 1.25 bits per heavy atom. The van der Waals surface area contributed by atoms with Gasteiger partial charge in [-0.05, 0) is 36.4 Å². The van der Waals surface area contributed by atoms with Gasteiger partial charge in [0.2, 0.25) is 0 Å². The number of methoxy groups -OCH3 is 1. The molecule has 0 atom stereocenters. The fraction of sp³-hybridized carbons (Fsp3) is 0.0588. The van der Waals surface area contributed by atoms with Crippen LogP contribution in [-0.2, 0) is 4.79 Å². The summed E-state index contributed by atoms with van der Waals surface area (Å²) in [4.78, 5) is 12.3. The van der Waals surface area contributed by atoms with Crippen molar-refractivity contribution in [2.24, 2.45) is 0 Å². The molecule has 0 aliphatic rings. The van der Waals surface area contributed by atoms with Crippen LogP contribution in [0.5, 0.6) is 5.75 Å². The molecule has 7 heteroatoms. The third-order valence-corrected chi connectivity index (χ3v) is 4.11. The van der Waals surface area contributed by atoms with Gasteiger partial charge < -0.3 is 10.1 Å². The first-order chi connectivity index (χ1) is 11.5. The Morgan fingerprint density at radius 2 is 2.00 bits per heavy atom. The third kappa shape index (κ3) is 4.21. The SMILES string of the molecule is COc1ccc(Cl)cc1/C=C(/C#N)C(=O)Nc1cccc(Cl)c1Cl. The molecule has 0 aliphatic carbocycles. The van der Waals surface area contributed by atoms with Crippen molar-refractivity contribution < 1.29 is 9.53 Å². The van der Waals surface area contributed by atoms with E-state index >= 15 is 0 Å². The molecule has 0 fully saturated rings. The highest BCUT2D eigenvalue weighted by Gasteiger charge is 2.14. The largest absolute Gasteiger partial charge is 0.496 e. The van der Waals surface area contributed by atoms with Crippen LogP contribution in [-0.4, -0.2) is 13.0 Å². The van der Waals surface area contributed by atoms with Gasteiger partial charge in [0.1, 0.15) is 17.4 Å². The molecule has 2 aromatic rings. The fourth-order valence-electron chi connectivity index (χ4n) is 1.91. The number of anilines is 1. The highest BCUT2D eigenvalue weighted by molar-refractivity contribution is 6.44. The van der Waals surface area contributed by atoms with Crippen LogP contribution < -0.4 is 10.1 Å². The van der Waals surface area contributed by atoms with E-state index in [9.17, 15) is 10.1 Å². The standard InChI is InChI=1S/C17H11Cl3N2O2/c1-24-15-6-5-12(18)8-10(15)7-11(9-21)17(23)22-14-4-2-3-13(19)16(14)20/h2-8H,1H3,(H,22,23)/b11-7-. The molecular formula is C17H11Cl3N2O2. The van der Waals surface area contributed by atoms with E-state index in [1.54, 1.807) is 36.4 Å². The molecule has 0 unspecified atom stereocenters. The molecule has 0 spiro atoms. The first-order valence-corrected chi connectivity index (χ1v) is 7.80. The Morgan fingerprint density at radius 3 is 2.67 bits per heavy atom. The second-order valence-corrected chi connectivity index (χ2v) is 5.83. The fourth-order valence-corrected chi connectivity index (χ4v) is 2.44. The zero-order valence-electron chi connectivity index (χ0n) is 12.4. The number of carbonyl (C=O) groups is 1. The zero-order valence-corrected chi connectivity index (χ0v) is 14.7. The number of carbonyl (C=O) groups excluding carboxylic acids is 1. The second kappa shape index (κ2) is 8.07. The Labute approximate surface area is 154 Å². The van der Waals surface area contributed by atoms with Crippen molar-refractivity contribution in [2.75, 3.05) is 12.4 Å². The summed E-state index contributed by atoms with van der Waals surface area (Å²) in [5.74, 6) is -0.135. The number of ether oxygens (including phenoxy) is 1. The van der Waals surface area contributed by atoms with Crippen LogP contribution in [0.1, 0.15) is 5.56 Å². The number of nitriles is 1. The molecule has 24 heavy (non-hydrogen) atoms. The number of nitrogens with zero attached hydrogens (tertiary/aromatic N) is 1. The predicted molar refractivity (Wildman–Crippen MR) is 96.7 cm³/mol. The minimum Gasteiger partial charge on any atom is -0.496 e. The molecule has 1 N–H and O–H groups in total. The smallest absolute Gasteiger partial charge is 0.266 e. The molecule has 0 saturated heterocycles. The lowest BCUT2D eigenvalue weighted by atomic mass is 10.1. The van der Waals surface area contributed by atoms with Crippen LogP contribution >= 0.6 is 34.8 Å². The van der Waals surface area contributed by atoms with Gasteiger partial charge in [-0.2, -0.15) is 5.26 Å². The summed E-state index contributed by atoms with van der Waals surface area (Å²) in [6.07, 6.45) is 1.39. The van der Waals surface area contributed by atoms with Crippen LogP contribution in [0.3, 0.4) is 0 Å². The van der Waals surface area contributed by atoms with E-state index < -0.39 is 5.91 Å². The van der Waals surface area contributed by atoms with Gasteiger partial charge in [-0.25, -0.2) is 0 Å². The number of nitrogens with one attached hydrogen (secondary N) is 1. The molecule has 2 rings (SSSR count). The van der Waals surface area contributed by atoms with Crippen molar-refractivity contribution in [2.45, 2.75) is 0 Å². The molecule has 122 valence electrons. The van der Waals surface area contributed by atoms with Crippen molar-refractivity contribution >= 4 is 52.5 Å². The lowest BCUT2D eigenvalue weighted by Gasteiger charge is -2.08. The number of hydrogen-bond acceptors (Lipinski definition) is 3. The Balaban J connectivity index is 2.35. The highest BCUT2D eigenvalue weighted by Crippen LogP contribution is 2.30. The van der Waals surface area contributed by atoms with Gasteiger partial charge >= 0.3 is 0 Å². The summed E-state index contributed by atoms with van der Waals surface area (Å²) in [5.41, 5.74) is 0.689. The second-order valence-electron chi connectivity index (χ2n) is 4.61. The summed E-state index contributed by atoms with van der Waals surface area (Å²) in [5, 5.41) is 12.8. The van der Waals surface area contributed by atoms with Crippen LogP contribution in [0.25, 0.3) is 6.08 Å². The first kappa shape index (κ1) is 18.2. The van der Waals surface area contributed by atoms with Crippen molar-refractivity contribution in [3.8, 4) is 11.8 Å². The molecule has 2 aromatic carbocycles. The van der Waals surface area contributed by atoms with E-state index in [1.807, 2.05) is 6.07 Å². The predicted octanol–water partition coefficient (Wildman–Crippen LogP) is 5.20. The van der Waals surface area contributed by atoms with Gasteiger partial charge in [0.15, 0.2) is 0 Å². The van der Waals surface area contributed by atoms with Crippen molar-refractivity contribution in [3.05, 3.63) is 62.6 Å². The van der Waals surface area contributed by atoms with E-state index in [4.69, 9.17) is 39.5 Å². The Hall–Kier alpha value is -2.19. The maximum atomic E-state index is 12.3.